The second-order valence-corrected chi connectivity index (χ2v) is 5.73. The molecule has 1 N–H and O–H groups in total. The number of halogens is 3. The molecular weight excluding hydrogens is 281 g/mol. The average Bonchev–Trinajstić information content (AvgIpc) is 2.92. The van der Waals surface area contributed by atoms with Crippen molar-refractivity contribution in [2.75, 3.05) is 26.2 Å². The summed E-state index contributed by atoms with van der Waals surface area (Å²) in [7, 11) is 0. The molecule has 2 atom stereocenters. The van der Waals surface area contributed by atoms with Gasteiger partial charge in [-0.05, 0) is 25.5 Å². The van der Waals surface area contributed by atoms with Crippen molar-refractivity contribution < 1.29 is 17.9 Å². The molecule has 21 heavy (non-hydrogen) atoms. The van der Waals surface area contributed by atoms with E-state index in [1.54, 1.807) is 0 Å². The van der Waals surface area contributed by atoms with Crippen LogP contribution in [0.5, 0.6) is 0 Å². The minimum Gasteiger partial charge on any atom is -0.374 e. The van der Waals surface area contributed by atoms with Gasteiger partial charge in [-0.3, -0.25) is 4.90 Å². The van der Waals surface area contributed by atoms with Crippen LogP contribution in [0.15, 0.2) is 12.1 Å². The van der Waals surface area contributed by atoms with Gasteiger partial charge in [0, 0.05) is 37.3 Å². The van der Waals surface area contributed by atoms with E-state index >= 15 is 0 Å². The summed E-state index contributed by atoms with van der Waals surface area (Å²) in [5, 5.41) is 3.06. The molecule has 6 heteroatoms. The van der Waals surface area contributed by atoms with Crippen LogP contribution >= 0.6 is 0 Å². The number of benzene rings is 1. The van der Waals surface area contributed by atoms with Gasteiger partial charge in [-0.1, -0.05) is 0 Å². The molecule has 0 spiro atoms. The maximum absolute atomic E-state index is 13.5. The van der Waals surface area contributed by atoms with Gasteiger partial charge < -0.3 is 10.1 Å². The minimum absolute atomic E-state index is 0.0627. The van der Waals surface area contributed by atoms with Crippen LogP contribution in [0.3, 0.4) is 0 Å². The monoisotopic (exact) mass is 300 g/mol. The summed E-state index contributed by atoms with van der Waals surface area (Å²) < 4.78 is 45.2. The van der Waals surface area contributed by atoms with Crippen LogP contribution in [0.1, 0.15) is 18.4 Å². The summed E-state index contributed by atoms with van der Waals surface area (Å²) in [4.78, 5) is 2.42. The SMILES string of the molecule is Fc1cc(F)c(CNCC2CN3CCCC3CO2)cc1F. The lowest BCUT2D eigenvalue weighted by Gasteiger charge is -2.35. The van der Waals surface area contributed by atoms with Gasteiger partial charge in [-0.25, -0.2) is 13.2 Å². The van der Waals surface area contributed by atoms with Crippen molar-refractivity contribution in [3.8, 4) is 0 Å². The molecule has 2 aliphatic rings. The third-order valence-corrected chi connectivity index (χ3v) is 4.24. The Kier molecular flexibility index (Phi) is 4.47. The van der Waals surface area contributed by atoms with Crippen molar-refractivity contribution in [1.82, 2.24) is 10.2 Å². The van der Waals surface area contributed by atoms with E-state index in [0.717, 1.165) is 25.8 Å². The molecule has 0 amide bonds. The van der Waals surface area contributed by atoms with Gasteiger partial charge in [0.05, 0.1) is 12.7 Å². The molecule has 2 heterocycles. The summed E-state index contributed by atoms with van der Waals surface area (Å²) in [6.45, 7) is 3.46. The van der Waals surface area contributed by atoms with Gasteiger partial charge in [-0.15, -0.1) is 0 Å². The van der Waals surface area contributed by atoms with E-state index in [4.69, 9.17) is 4.74 Å². The molecule has 1 aromatic carbocycles. The second-order valence-electron chi connectivity index (χ2n) is 5.73. The lowest BCUT2D eigenvalue weighted by Crippen LogP contribution is -2.49. The smallest absolute Gasteiger partial charge is 0.161 e. The molecule has 2 saturated heterocycles. The van der Waals surface area contributed by atoms with E-state index in [1.807, 2.05) is 0 Å². The number of morpholine rings is 1. The van der Waals surface area contributed by atoms with E-state index in [9.17, 15) is 13.2 Å². The molecule has 0 aliphatic carbocycles. The zero-order valence-electron chi connectivity index (χ0n) is 11.7. The molecule has 116 valence electrons. The Bertz CT molecular complexity index is 512. The van der Waals surface area contributed by atoms with E-state index in [-0.39, 0.29) is 18.2 Å². The van der Waals surface area contributed by atoms with Gasteiger partial charge in [0.2, 0.25) is 0 Å². The molecule has 2 unspecified atom stereocenters. The minimum atomic E-state index is -1.16. The third kappa shape index (κ3) is 3.39. The summed E-state index contributed by atoms with van der Waals surface area (Å²) >= 11 is 0. The van der Waals surface area contributed by atoms with Crippen molar-refractivity contribution >= 4 is 0 Å². The van der Waals surface area contributed by atoms with Crippen LogP contribution in [-0.2, 0) is 11.3 Å². The number of nitrogens with zero attached hydrogens (tertiary/aromatic N) is 1. The average molecular weight is 300 g/mol. The topological polar surface area (TPSA) is 24.5 Å². The first-order chi connectivity index (χ1) is 10.1. The fourth-order valence-electron chi connectivity index (χ4n) is 3.08. The predicted octanol–water partition coefficient (Wildman–Crippen LogP) is 2.06. The fraction of sp³-hybridized carbons (Fsp3) is 0.600. The molecule has 3 rings (SSSR count). The van der Waals surface area contributed by atoms with Crippen LogP contribution in [-0.4, -0.2) is 43.3 Å². The number of fused-ring (bicyclic) bond motifs is 1. The number of hydrogen-bond donors (Lipinski definition) is 1. The first-order valence-corrected chi connectivity index (χ1v) is 7.33. The maximum atomic E-state index is 13.5. The molecule has 0 aromatic heterocycles. The van der Waals surface area contributed by atoms with Gasteiger partial charge in [0.1, 0.15) is 5.82 Å². The zero-order chi connectivity index (χ0) is 14.8. The van der Waals surface area contributed by atoms with Crippen molar-refractivity contribution in [2.24, 2.45) is 0 Å². The number of ether oxygens (including phenoxy) is 1. The standard InChI is InChI=1S/C15H19F3N2O/c16-13-5-15(18)14(17)4-10(13)6-19-7-12-8-20-3-1-2-11(20)9-21-12/h4-5,11-12,19H,1-3,6-9H2. The van der Waals surface area contributed by atoms with Gasteiger partial charge in [0.15, 0.2) is 11.6 Å². The molecule has 3 nitrogen and oxygen atoms in total. The Morgan fingerprint density at radius 2 is 2.00 bits per heavy atom. The first kappa shape index (κ1) is 14.8. The number of rotatable bonds is 4. The lowest BCUT2D eigenvalue weighted by molar-refractivity contribution is -0.0470. The highest BCUT2D eigenvalue weighted by molar-refractivity contribution is 5.19. The van der Waals surface area contributed by atoms with Crippen LogP contribution in [0.25, 0.3) is 0 Å². The normalized spacial score (nSPS) is 26.0. The Balaban J connectivity index is 1.49. The molecule has 0 saturated carbocycles. The zero-order valence-corrected chi connectivity index (χ0v) is 11.7. The van der Waals surface area contributed by atoms with E-state index in [2.05, 4.69) is 10.2 Å². The summed E-state index contributed by atoms with van der Waals surface area (Å²) in [6, 6.07) is 2.03. The largest absolute Gasteiger partial charge is 0.374 e. The Hall–Kier alpha value is -1.11. The Morgan fingerprint density at radius 3 is 2.86 bits per heavy atom. The quantitative estimate of drug-likeness (QED) is 0.862. The molecule has 2 fully saturated rings. The highest BCUT2D eigenvalue weighted by Crippen LogP contribution is 2.22. The molecule has 1 aromatic rings. The van der Waals surface area contributed by atoms with Gasteiger partial charge >= 0.3 is 0 Å². The summed E-state index contributed by atoms with van der Waals surface area (Å²) in [5.74, 6) is -2.92. The molecular formula is C15H19F3N2O. The van der Waals surface area contributed by atoms with Gasteiger partial charge in [0.25, 0.3) is 0 Å². The Morgan fingerprint density at radius 1 is 1.19 bits per heavy atom. The summed E-state index contributed by atoms with van der Waals surface area (Å²) in [5.41, 5.74) is 0.128. The van der Waals surface area contributed by atoms with Crippen molar-refractivity contribution in [3.05, 3.63) is 35.1 Å². The van der Waals surface area contributed by atoms with Crippen LogP contribution in [0, 0.1) is 17.5 Å². The first-order valence-electron chi connectivity index (χ1n) is 7.33. The second kappa shape index (κ2) is 6.34. The van der Waals surface area contributed by atoms with Crippen LogP contribution in [0.4, 0.5) is 13.2 Å². The molecule has 0 bridgehead atoms. The highest BCUT2D eigenvalue weighted by atomic mass is 19.2. The highest BCUT2D eigenvalue weighted by Gasteiger charge is 2.31. The van der Waals surface area contributed by atoms with Crippen molar-refractivity contribution in [1.29, 1.82) is 0 Å². The fourth-order valence-corrected chi connectivity index (χ4v) is 3.08. The number of nitrogens with one attached hydrogen (secondary N) is 1. The van der Waals surface area contributed by atoms with E-state index in [1.165, 1.54) is 12.8 Å². The van der Waals surface area contributed by atoms with Crippen molar-refractivity contribution in [3.63, 3.8) is 0 Å². The van der Waals surface area contributed by atoms with E-state index < -0.39 is 17.5 Å². The van der Waals surface area contributed by atoms with Crippen LogP contribution in [0.2, 0.25) is 0 Å². The molecule has 2 aliphatic heterocycles. The Labute approximate surface area is 122 Å². The summed E-state index contributed by atoms with van der Waals surface area (Å²) in [6.07, 6.45) is 2.47. The number of hydrogen-bond acceptors (Lipinski definition) is 3. The van der Waals surface area contributed by atoms with E-state index in [0.29, 0.717) is 18.7 Å². The predicted molar refractivity (Wildman–Crippen MR) is 72.4 cm³/mol. The van der Waals surface area contributed by atoms with Gasteiger partial charge in [-0.2, -0.15) is 0 Å². The van der Waals surface area contributed by atoms with Crippen molar-refractivity contribution in [2.45, 2.75) is 31.5 Å². The van der Waals surface area contributed by atoms with Crippen LogP contribution < -0.4 is 5.32 Å². The lowest BCUT2D eigenvalue weighted by atomic mass is 10.1. The molecule has 0 radical (unpaired) electrons. The maximum Gasteiger partial charge on any atom is 0.161 e. The third-order valence-electron chi connectivity index (χ3n) is 4.24.